The zero-order chi connectivity index (χ0) is 23.6. The normalized spacial score (nSPS) is 15.2. The molecule has 0 aliphatic carbocycles. The second-order valence-electron chi connectivity index (χ2n) is 9.06. The molecule has 10 heteroatoms. The molecule has 32 heavy (non-hydrogen) atoms. The molecule has 1 atom stereocenters. The molecule has 174 valence electrons. The van der Waals surface area contributed by atoms with Crippen molar-refractivity contribution in [2.45, 2.75) is 39.8 Å². The lowest BCUT2D eigenvalue weighted by atomic mass is 9.86. The Morgan fingerprint density at radius 1 is 1.34 bits per heavy atom. The molecule has 1 aliphatic rings. The first-order chi connectivity index (χ1) is 15.0. The van der Waals surface area contributed by atoms with Crippen LogP contribution in [0.5, 0.6) is 0 Å². The third kappa shape index (κ3) is 5.11. The Morgan fingerprint density at radius 3 is 2.69 bits per heavy atom. The minimum absolute atomic E-state index is 0.0865. The summed E-state index contributed by atoms with van der Waals surface area (Å²) in [5.74, 6) is -0.915. The number of hydrogen-bond donors (Lipinski definition) is 3. The van der Waals surface area contributed by atoms with Gasteiger partial charge in [-0.1, -0.05) is 32.4 Å². The molecule has 8 nitrogen and oxygen atoms in total. The Balaban J connectivity index is 2.00. The van der Waals surface area contributed by atoms with Gasteiger partial charge in [-0.15, -0.1) is 0 Å². The van der Waals surface area contributed by atoms with Crippen molar-refractivity contribution in [3.63, 3.8) is 0 Å². The number of likely N-dealkylation sites (N-methyl/N-ethyl adjacent to an activating group) is 1. The van der Waals surface area contributed by atoms with E-state index in [1.165, 1.54) is 10.7 Å². The van der Waals surface area contributed by atoms with Crippen molar-refractivity contribution in [2.24, 2.45) is 5.41 Å². The maximum absolute atomic E-state index is 14.7. The minimum atomic E-state index is -0.863. The molecule has 0 saturated carbocycles. The van der Waals surface area contributed by atoms with Crippen LogP contribution in [0.15, 0.2) is 18.2 Å². The number of rotatable bonds is 5. The molecular formula is C22H29ClFN5O3. The molecule has 0 saturated heterocycles. The first-order valence-corrected chi connectivity index (χ1v) is 10.8. The molecule has 0 spiro atoms. The number of carbonyl (C=O) groups is 2. The van der Waals surface area contributed by atoms with Crippen LogP contribution in [0.3, 0.4) is 0 Å². The van der Waals surface area contributed by atoms with Crippen LogP contribution in [0.4, 0.5) is 9.18 Å². The lowest BCUT2D eigenvalue weighted by Crippen LogP contribution is -2.55. The number of amides is 2. The van der Waals surface area contributed by atoms with Gasteiger partial charge in [-0.05, 0) is 37.1 Å². The molecule has 1 aromatic carbocycles. The quantitative estimate of drug-likeness (QED) is 0.629. The van der Waals surface area contributed by atoms with Crippen LogP contribution in [0.25, 0.3) is 11.3 Å². The van der Waals surface area contributed by atoms with Crippen LogP contribution < -0.4 is 10.6 Å². The minimum Gasteiger partial charge on any atom is -0.395 e. The summed E-state index contributed by atoms with van der Waals surface area (Å²) in [6.45, 7) is 6.58. The molecule has 2 heterocycles. The van der Waals surface area contributed by atoms with E-state index in [9.17, 15) is 14.0 Å². The zero-order valence-corrected chi connectivity index (χ0v) is 19.5. The molecule has 2 amide bonds. The van der Waals surface area contributed by atoms with Crippen LogP contribution in [-0.4, -0.2) is 64.5 Å². The van der Waals surface area contributed by atoms with E-state index in [0.717, 1.165) is 12.1 Å². The van der Waals surface area contributed by atoms with Gasteiger partial charge in [0.05, 0.1) is 18.0 Å². The van der Waals surface area contributed by atoms with E-state index in [4.69, 9.17) is 16.7 Å². The van der Waals surface area contributed by atoms with Gasteiger partial charge >= 0.3 is 6.03 Å². The molecule has 1 aromatic heterocycles. The summed E-state index contributed by atoms with van der Waals surface area (Å²) in [7, 11) is 1.93. The van der Waals surface area contributed by atoms with Crippen LogP contribution in [0.2, 0.25) is 5.02 Å². The van der Waals surface area contributed by atoms with Crippen molar-refractivity contribution in [2.75, 3.05) is 26.7 Å². The molecule has 0 fully saturated rings. The Labute approximate surface area is 191 Å². The maximum Gasteiger partial charge on any atom is 0.343 e. The van der Waals surface area contributed by atoms with Crippen molar-refractivity contribution in [1.29, 1.82) is 0 Å². The van der Waals surface area contributed by atoms with E-state index >= 15 is 0 Å². The van der Waals surface area contributed by atoms with Crippen LogP contribution >= 0.6 is 11.6 Å². The summed E-state index contributed by atoms with van der Waals surface area (Å²) in [5, 5.41) is 19.1. The molecular weight excluding hydrogens is 437 g/mol. The summed E-state index contributed by atoms with van der Waals surface area (Å²) in [6, 6.07) is 2.93. The monoisotopic (exact) mass is 465 g/mol. The molecule has 0 radical (unpaired) electrons. The average molecular weight is 466 g/mol. The van der Waals surface area contributed by atoms with Gasteiger partial charge in [0, 0.05) is 35.8 Å². The van der Waals surface area contributed by atoms with Gasteiger partial charge in [-0.2, -0.15) is 9.78 Å². The largest absolute Gasteiger partial charge is 0.395 e. The highest BCUT2D eigenvalue weighted by Crippen LogP contribution is 2.32. The number of hydrogen-bond acceptors (Lipinski definition) is 5. The molecule has 1 aliphatic heterocycles. The van der Waals surface area contributed by atoms with E-state index in [-0.39, 0.29) is 23.7 Å². The van der Waals surface area contributed by atoms with E-state index in [1.807, 2.05) is 32.7 Å². The van der Waals surface area contributed by atoms with Crippen molar-refractivity contribution in [3.05, 3.63) is 40.3 Å². The molecule has 3 N–H and O–H groups in total. The number of aromatic nitrogens is 2. The van der Waals surface area contributed by atoms with Crippen molar-refractivity contribution in [3.8, 4) is 11.3 Å². The third-order valence-corrected chi connectivity index (χ3v) is 5.67. The van der Waals surface area contributed by atoms with Gasteiger partial charge in [0.25, 0.3) is 0 Å². The van der Waals surface area contributed by atoms with Crippen molar-refractivity contribution in [1.82, 2.24) is 25.3 Å². The number of halogens is 2. The van der Waals surface area contributed by atoms with Crippen molar-refractivity contribution >= 4 is 23.5 Å². The van der Waals surface area contributed by atoms with E-state index in [0.29, 0.717) is 24.4 Å². The fraction of sp³-hybridized carbons (Fsp3) is 0.500. The Kier molecular flexibility index (Phi) is 7.22. The average Bonchev–Trinajstić information content (AvgIpc) is 3.07. The van der Waals surface area contributed by atoms with Crippen LogP contribution in [0, 0.1) is 11.2 Å². The molecule has 1 unspecified atom stereocenters. The second-order valence-corrected chi connectivity index (χ2v) is 9.50. The Morgan fingerprint density at radius 2 is 2.06 bits per heavy atom. The van der Waals surface area contributed by atoms with E-state index in [2.05, 4.69) is 15.7 Å². The highest BCUT2D eigenvalue weighted by atomic mass is 35.5. The summed E-state index contributed by atoms with van der Waals surface area (Å²) in [5.41, 5.74) is 1.54. The maximum atomic E-state index is 14.7. The third-order valence-electron chi connectivity index (χ3n) is 5.44. The number of nitrogens with one attached hydrogen (secondary N) is 2. The number of benzene rings is 1. The van der Waals surface area contributed by atoms with Gasteiger partial charge in [0.15, 0.2) is 0 Å². The topological polar surface area (TPSA) is 99.5 Å². The van der Waals surface area contributed by atoms with Gasteiger partial charge in [-0.3, -0.25) is 4.79 Å². The number of carbonyl (C=O) groups excluding carboxylic acids is 2. The van der Waals surface area contributed by atoms with E-state index in [1.54, 1.807) is 12.1 Å². The van der Waals surface area contributed by atoms with Gasteiger partial charge in [-0.25, -0.2) is 9.18 Å². The fourth-order valence-corrected chi connectivity index (χ4v) is 3.91. The number of fused-ring (bicyclic) bond motifs is 1. The summed E-state index contributed by atoms with van der Waals surface area (Å²) in [4.78, 5) is 27.9. The summed E-state index contributed by atoms with van der Waals surface area (Å²) in [6.07, 6.45) is 0.607. The smallest absolute Gasteiger partial charge is 0.343 e. The lowest BCUT2D eigenvalue weighted by Gasteiger charge is -2.30. The summed E-state index contributed by atoms with van der Waals surface area (Å²) >= 11 is 5.90. The molecule has 2 aromatic rings. The summed E-state index contributed by atoms with van der Waals surface area (Å²) < 4.78 is 15.9. The SMILES string of the molecule is CN1CCc2c(-c3ccc(Cl)cc3F)nn(C(=O)NC(C(=O)NCCO)C(C)(C)C)c2C1. The first kappa shape index (κ1) is 24.2. The number of aliphatic hydroxyl groups is 1. The van der Waals surface area contributed by atoms with Gasteiger partial charge < -0.3 is 20.6 Å². The van der Waals surface area contributed by atoms with E-state index < -0.39 is 29.2 Å². The molecule has 3 rings (SSSR count). The standard InChI is InChI=1S/C22H29ClFN5O3/c1-22(2,3)19(20(31)25-8-10-30)26-21(32)29-17-12-28(4)9-7-15(17)18(27-29)14-6-5-13(23)11-16(14)24/h5-6,11,19,30H,7-10,12H2,1-4H3,(H,25,31)(H,26,32). The second kappa shape index (κ2) is 9.56. The number of nitrogens with zero attached hydrogens (tertiary/aromatic N) is 3. The highest BCUT2D eigenvalue weighted by molar-refractivity contribution is 6.30. The molecule has 0 bridgehead atoms. The van der Waals surface area contributed by atoms with Crippen molar-refractivity contribution < 1.29 is 19.1 Å². The van der Waals surface area contributed by atoms with Gasteiger partial charge in [0.1, 0.15) is 11.9 Å². The number of aliphatic hydroxyl groups excluding tert-OH is 1. The predicted molar refractivity (Wildman–Crippen MR) is 120 cm³/mol. The Hall–Kier alpha value is -2.49. The first-order valence-electron chi connectivity index (χ1n) is 10.5. The van der Waals surface area contributed by atoms with Gasteiger partial charge in [0.2, 0.25) is 5.91 Å². The zero-order valence-electron chi connectivity index (χ0n) is 18.7. The fourth-order valence-electron chi connectivity index (χ4n) is 3.75. The van der Waals surface area contributed by atoms with Crippen LogP contribution in [0.1, 0.15) is 32.0 Å². The highest BCUT2D eigenvalue weighted by Gasteiger charge is 2.35. The predicted octanol–water partition coefficient (Wildman–Crippen LogP) is 2.41. The lowest BCUT2D eigenvalue weighted by molar-refractivity contribution is -0.125. The Bertz CT molecular complexity index is 1020. The van der Waals surface area contributed by atoms with Crippen LogP contribution in [-0.2, 0) is 17.8 Å².